The van der Waals surface area contributed by atoms with Crippen molar-refractivity contribution in [3.05, 3.63) is 18.5 Å². The van der Waals surface area contributed by atoms with Crippen molar-refractivity contribution in [1.82, 2.24) is 14.9 Å². The van der Waals surface area contributed by atoms with Crippen molar-refractivity contribution in [3.8, 4) is 0 Å². The third-order valence-electron chi connectivity index (χ3n) is 2.82. The quantitative estimate of drug-likeness (QED) is 0.746. The molecule has 2 heterocycles. The molecule has 6 heteroatoms. The molecule has 2 N–H and O–H groups in total. The fourth-order valence-electron chi connectivity index (χ4n) is 1.87. The van der Waals surface area contributed by atoms with Crippen molar-refractivity contribution in [2.45, 2.75) is 13.0 Å². The number of nitrogens with zero attached hydrogens (tertiary/aromatic N) is 4. The van der Waals surface area contributed by atoms with Gasteiger partial charge in [-0.3, -0.25) is 4.79 Å². The van der Waals surface area contributed by atoms with Gasteiger partial charge >= 0.3 is 0 Å². The molecule has 92 valence electrons. The van der Waals surface area contributed by atoms with E-state index in [9.17, 15) is 4.79 Å². The first kappa shape index (κ1) is 11.8. The van der Waals surface area contributed by atoms with E-state index < -0.39 is 6.04 Å². The van der Waals surface area contributed by atoms with Gasteiger partial charge in [0.05, 0.1) is 6.04 Å². The molecule has 1 fully saturated rings. The smallest absolute Gasteiger partial charge is 0.239 e. The molecule has 1 amide bonds. The summed E-state index contributed by atoms with van der Waals surface area (Å²) in [4.78, 5) is 24.0. The minimum absolute atomic E-state index is 0.0126. The highest BCUT2D eigenvalue weighted by Gasteiger charge is 2.23. The molecule has 0 aliphatic carbocycles. The van der Waals surface area contributed by atoms with Crippen molar-refractivity contribution in [1.29, 1.82) is 0 Å². The molecule has 6 nitrogen and oxygen atoms in total. The molecule has 17 heavy (non-hydrogen) atoms. The Hall–Kier alpha value is -1.69. The molecule has 1 aromatic rings. The fourth-order valence-corrected chi connectivity index (χ4v) is 1.87. The van der Waals surface area contributed by atoms with Crippen LogP contribution in [0.4, 0.5) is 5.95 Å². The van der Waals surface area contributed by atoms with Gasteiger partial charge in [0.2, 0.25) is 11.9 Å². The van der Waals surface area contributed by atoms with E-state index in [0.717, 1.165) is 19.0 Å². The molecule has 2 rings (SSSR count). The van der Waals surface area contributed by atoms with E-state index in [1.807, 2.05) is 0 Å². The molecule has 0 aromatic carbocycles. The summed E-state index contributed by atoms with van der Waals surface area (Å²) in [6, 6.07) is 1.37. The third-order valence-corrected chi connectivity index (χ3v) is 2.82. The van der Waals surface area contributed by atoms with Gasteiger partial charge in [-0.25, -0.2) is 9.97 Å². The van der Waals surface area contributed by atoms with Crippen molar-refractivity contribution in [3.63, 3.8) is 0 Å². The van der Waals surface area contributed by atoms with Gasteiger partial charge in [-0.1, -0.05) is 0 Å². The van der Waals surface area contributed by atoms with Gasteiger partial charge < -0.3 is 15.5 Å². The van der Waals surface area contributed by atoms with Gasteiger partial charge in [-0.05, 0) is 13.0 Å². The van der Waals surface area contributed by atoms with E-state index in [2.05, 4.69) is 14.9 Å². The Morgan fingerprint density at radius 2 is 1.88 bits per heavy atom. The lowest BCUT2D eigenvalue weighted by molar-refractivity contribution is -0.132. The Morgan fingerprint density at radius 1 is 1.29 bits per heavy atom. The molecule has 0 saturated carbocycles. The molecule has 1 unspecified atom stereocenters. The summed E-state index contributed by atoms with van der Waals surface area (Å²) in [5.41, 5.74) is 5.58. The summed E-state index contributed by atoms with van der Waals surface area (Å²) in [7, 11) is 0. The van der Waals surface area contributed by atoms with Gasteiger partial charge in [0, 0.05) is 38.6 Å². The van der Waals surface area contributed by atoms with Crippen molar-refractivity contribution in [2.24, 2.45) is 5.73 Å². The van der Waals surface area contributed by atoms with Gasteiger partial charge in [0.1, 0.15) is 0 Å². The zero-order valence-corrected chi connectivity index (χ0v) is 9.91. The minimum atomic E-state index is -0.422. The maximum atomic E-state index is 11.7. The number of anilines is 1. The van der Waals surface area contributed by atoms with Crippen LogP contribution in [0.25, 0.3) is 0 Å². The van der Waals surface area contributed by atoms with E-state index in [-0.39, 0.29) is 5.91 Å². The highest BCUT2D eigenvalue weighted by Crippen LogP contribution is 2.09. The third kappa shape index (κ3) is 2.71. The van der Waals surface area contributed by atoms with E-state index >= 15 is 0 Å². The highest BCUT2D eigenvalue weighted by atomic mass is 16.2. The number of carbonyl (C=O) groups excluding carboxylic acids is 1. The van der Waals surface area contributed by atoms with Crippen LogP contribution in [0.1, 0.15) is 6.92 Å². The highest BCUT2D eigenvalue weighted by molar-refractivity contribution is 5.81. The average Bonchev–Trinajstić information content (AvgIpc) is 2.39. The van der Waals surface area contributed by atoms with Crippen LogP contribution >= 0.6 is 0 Å². The first-order valence-corrected chi connectivity index (χ1v) is 5.75. The fraction of sp³-hybridized carbons (Fsp3) is 0.545. The van der Waals surface area contributed by atoms with Crippen LogP contribution in [0.3, 0.4) is 0 Å². The maximum Gasteiger partial charge on any atom is 0.239 e. The summed E-state index contributed by atoms with van der Waals surface area (Å²) >= 11 is 0. The Morgan fingerprint density at radius 3 is 2.41 bits per heavy atom. The lowest BCUT2D eigenvalue weighted by Crippen LogP contribution is -2.52. The Bertz CT molecular complexity index is 373. The van der Waals surface area contributed by atoms with Gasteiger partial charge in [-0.2, -0.15) is 0 Å². The van der Waals surface area contributed by atoms with Crippen LogP contribution in [0, 0.1) is 0 Å². The molecule has 0 radical (unpaired) electrons. The van der Waals surface area contributed by atoms with Crippen LogP contribution in [-0.2, 0) is 4.79 Å². The molecule has 1 aliphatic rings. The van der Waals surface area contributed by atoms with E-state index in [4.69, 9.17) is 5.73 Å². The minimum Gasteiger partial charge on any atom is -0.338 e. The zero-order valence-electron chi connectivity index (χ0n) is 9.91. The number of nitrogens with two attached hydrogens (primary N) is 1. The number of aromatic nitrogens is 2. The van der Waals surface area contributed by atoms with Crippen molar-refractivity contribution < 1.29 is 4.79 Å². The van der Waals surface area contributed by atoms with Crippen molar-refractivity contribution in [2.75, 3.05) is 31.1 Å². The second-order valence-corrected chi connectivity index (χ2v) is 4.15. The van der Waals surface area contributed by atoms with E-state index in [0.29, 0.717) is 13.1 Å². The van der Waals surface area contributed by atoms with Crippen LogP contribution in [-0.4, -0.2) is 53.0 Å². The molecule has 1 atom stereocenters. The van der Waals surface area contributed by atoms with Crippen LogP contribution in [0.5, 0.6) is 0 Å². The van der Waals surface area contributed by atoms with Crippen molar-refractivity contribution >= 4 is 11.9 Å². The summed E-state index contributed by atoms with van der Waals surface area (Å²) < 4.78 is 0. The number of hydrogen-bond acceptors (Lipinski definition) is 5. The number of carbonyl (C=O) groups is 1. The van der Waals surface area contributed by atoms with Gasteiger partial charge in [-0.15, -0.1) is 0 Å². The molecule has 1 aromatic heterocycles. The van der Waals surface area contributed by atoms with Gasteiger partial charge in [0.15, 0.2) is 0 Å². The summed E-state index contributed by atoms with van der Waals surface area (Å²) in [5, 5.41) is 0. The number of piperazine rings is 1. The molecule has 0 bridgehead atoms. The predicted octanol–water partition coefficient (Wildman–Crippen LogP) is -0.528. The lowest BCUT2D eigenvalue weighted by Gasteiger charge is -2.35. The largest absolute Gasteiger partial charge is 0.338 e. The summed E-state index contributed by atoms with van der Waals surface area (Å²) in [6.45, 7) is 4.58. The molecule has 1 aliphatic heterocycles. The topological polar surface area (TPSA) is 75.4 Å². The first-order chi connectivity index (χ1) is 8.18. The maximum absolute atomic E-state index is 11.7. The Labute approximate surface area is 100 Å². The normalized spacial score (nSPS) is 18.0. The summed E-state index contributed by atoms with van der Waals surface area (Å²) in [5.74, 6) is 0.735. The van der Waals surface area contributed by atoms with E-state index in [1.165, 1.54) is 0 Å². The Balaban J connectivity index is 1.93. The zero-order chi connectivity index (χ0) is 12.3. The second kappa shape index (κ2) is 5.09. The standard InChI is InChI=1S/C11H17N5O/c1-9(12)10(17)15-5-7-16(8-6-15)11-13-3-2-4-14-11/h2-4,9H,5-8,12H2,1H3. The van der Waals surface area contributed by atoms with Crippen LogP contribution in [0.15, 0.2) is 18.5 Å². The van der Waals surface area contributed by atoms with Crippen LogP contribution in [0.2, 0.25) is 0 Å². The Kier molecular flexibility index (Phi) is 3.53. The van der Waals surface area contributed by atoms with Crippen LogP contribution < -0.4 is 10.6 Å². The van der Waals surface area contributed by atoms with E-state index in [1.54, 1.807) is 30.3 Å². The monoisotopic (exact) mass is 235 g/mol. The second-order valence-electron chi connectivity index (χ2n) is 4.15. The average molecular weight is 235 g/mol. The first-order valence-electron chi connectivity index (χ1n) is 5.75. The SMILES string of the molecule is CC(N)C(=O)N1CCN(c2ncccn2)CC1. The predicted molar refractivity (Wildman–Crippen MR) is 64.5 cm³/mol. The van der Waals surface area contributed by atoms with Gasteiger partial charge in [0.25, 0.3) is 0 Å². The lowest BCUT2D eigenvalue weighted by atomic mass is 10.2. The molecule has 1 saturated heterocycles. The molecule has 0 spiro atoms. The molecular formula is C11H17N5O. The number of amides is 1. The number of rotatable bonds is 2. The summed E-state index contributed by atoms with van der Waals surface area (Å²) in [6.07, 6.45) is 3.45. The molecular weight excluding hydrogens is 218 g/mol. The number of hydrogen-bond donors (Lipinski definition) is 1.